The lowest BCUT2D eigenvalue weighted by Crippen LogP contribution is -1.95. The van der Waals surface area contributed by atoms with Gasteiger partial charge in [0.1, 0.15) is 11.8 Å². The number of nitrogens with one attached hydrogen (secondary N) is 1. The summed E-state index contributed by atoms with van der Waals surface area (Å²) in [5.41, 5.74) is 8.34. The fourth-order valence-corrected chi connectivity index (χ4v) is 3.22. The third-order valence-electron chi connectivity index (χ3n) is 2.45. The molecule has 5 heteroatoms. The minimum Gasteiger partial charge on any atom is -0.497 e. The summed E-state index contributed by atoms with van der Waals surface area (Å²) in [4.78, 5) is 1.05. The topological polar surface area (TPSA) is 45.4 Å². The summed E-state index contributed by atoms with van der Waals surface area (Å²) >= 11 is 5.07. The van der Waals surface area contributed by atoms with Gasteiger partial charge in [0.2, 0.25) is 0 Å². The number of halogens is 1. The van der Waals surface area contributed by atoms with Gasteiger partial charge in [-0.3, -0.25) is 0 Å². The van der Waals surface area contributed by atoms with Gasteiger partial charge in [-0.2, -0.15) is 5.11 Å². The first-order valence-corrected chi connectivity index (χ1v) is 6.67. The number of benzene rings is 1. The van der Waals surface area contributed by atoms with Gasteiger partial charge in [-0.25, -0.2) is 5.53 Å². The van der Waals surface area contributed by atoms with Crippen LogP contribution in [0, 0.1) is 5.53 Å². The highest BCUT2D eigenvalue weighted by Gasteiger charge is 2.17. The predicted octanol–water partition coefficient (Wildman–Crippen LogP) is 4.64. The van der Waals surface area contributed by atoms with Crippen molar-refractivity contribution in [3.8, 4) is 5.75 Å². The Hall–Kier alpha value is -1.20. The first-order chi connectivity index (χ1) is 8.26. The molecule has 0 aliphatic carbocycles. The number of methoxy groups -OCH3 is 1. The number of hydrogen-bond donors (Lipinski definition) is 1. The van der Waals surface area contributed by atoms with Gasteiger partial charge in [-0.05, 0) is 45.1 Å². The maximum atomic E-state index is 7.35. The molecule has 0 amide bonds. The SMILES string of the molecule is COc1ccc(C(N=N)c2sccc2Br)cc1. The molecule has 0 aliphatic heterocycles. The van der Waals surface area contributed by atoms with Crippen molar-refractivity contribution >= 4 is 27.3 Å². The highest BCUT2D eigenvalue weighted by Crippen LogP contribution is 2.36. The summed E-state index contributed by atoms with van der Waals surface area (Å²) in [5.74, 6) is 0.808. The van der Waals surface area contributed by atoms with E-state index in [1.54, 1.807) is 18.4 Å². The van der Waals surface area contributed by atoms with Crippen LogP contribution in [0.3, 0.4) is 0 Å². The van der Waals surface area contributed by atoms with Crippen LogP contribution in [0.2, 0.25) is 0 Å². The molecule has 1 aromatic carbocycles. The highest BCUT2D eigenvalue weighted by molar-refractivity contribution is 9.10. The molecule has 1 atom stereocenters. The van der Waals surface area contributed by atoms with Crippen LogP contribution < -0.4 is 4.74 Å². The quantitative estimate of drug-likeness (QED) is 0.821. The van der Waals surface area contributed by atoms with E-state index in [0.29, 0.717) is 0 Å². The molecule has 0 radical (unpaired) electrons. The Labute approximate surface area is 112 Å². The molecule has 3 nitrogen and oxygen atoms in total. The molecule has 1 N–H and O–H groups in total. The number of nitrogens with zero attached hydrogens (tertiary/aromatic N) is 1. The largest absolute Gasteiger partial charge is 0.497 e. The smallest absolute Gasteiger partial charge is 0.131 e. The van der Waals surface area contributed by atoms with Crippen molar-refractivity contribution in [2.75, 3.05) is 7.11 Å². The van der Waals surface area contributed by atoms with Crippen LogP contribution in [0.15, 0.2) is 45.3 Å². The van der Waals surface area contributed by atoms with E-state index in [0.717, 1.165) is 20.7 Å². The van der Waals surface area contributed by atoms with Crippen LogP contribution >= 0.6 is 27.3 Å². The molecule has 2 aromatic rings. The second-order valence-electron chi connectivity index (χ2n) is 3.44. The summed E-state index contributed by atoms with van der Waals surface area (Å²) in [5, 5.41) is 5.69. The Balaban J connectivity index is 2.35. The van der Waals surface area contributed by atoms with Crippen LogP contribution in [0.1, 0.15) is 16.5 Å². The maximum absolute atomic E-state index is 7.35. The van der Waals surface area contributed by atoms with E-state index in [1.165, 1.54) is 0 Å². The molecule has 88 valence electrons. The molecule has 17 heavy (non-hydrogen) atoms. The van der Waals surface area contributed by atoms with Crippen LogP contribution in [0.5, 0.6) is 5.75 Å². The van der Waals surface area contributed by atoms with E-state index < -0.39 is 0 Å². The van der Waals surface area contributed by atoms with Crippen LogP contribution in [0.4, 0.5) is 0 Å². The zero-order valence-electron chi connectivity index (χ0n) is 9.18. The van der Waals surface area contributed by atoms with Crippen LogP contribution in [0.25, 0.3) is 0 Å². The predicted molar refractivity (Wildman–Crippen MR) is 72.0 cm³/mol. The average molecular weight is 311 g/mol. The highest BCUT2D eigenvalue weighted by atomic mass is 79.9. The second kappa shape index (κ2) is 5.42. The maximum Gasteiger partial charge on any atom is 0.131 e. The molecule has 0 spiro atoms. The average Bonchev–Trinajstić information content (AvgIpc) is 2.78. The summed E-state index contributed by atoms with van der Waals surface area (Å²) in [6.07, 6.45) is 0. The number of rotatable bonds is 4. The van der Waals surface area contributed by atoms with E-state index in [-0.39, 0.29) is 6.04 Å². The van der Waals surface area contributed by atoms with Crippen molar-refractivity contribution in [2.45, 2.75) is 6.04 Å². The Bertz CT molecular complexity index is 509. The van der Waals surface area contributed by atoms with E-state index in [2.05, 4.69) is 21.0 Å². The lowest BCUT2D eigenvalue weighted by molar-refractivity contribution is 0.414. The summed E-state index contributed by atoms with van der Waals surface area (Å²) < 4.78 is 6.11. The van der Waals surface area contributed by atoms with E-state index in [9.17, 15) is 0 Å². The third kappa shape index (κ3) is 2.56. The van der Waals surface area contributed by atoms with E-state index in [1.807, 2.05) is 35.7 Å². The molecule has 0 saturated heterocycles. The van der Waals surface area contributed by atoms with Gasteiger partial charge in [0.05, 0.1) is 7.11 Å². The molecule has 1 unspecified atom stereocenters. The first kappa shape index (κ1) is 12.3. The summed E-state index contributed by atoms with van der Waals surface area (Å²) in [6, 6.07) is 9.38. The van der Waals surface area contributed by atoms with Gasteiger partial charge < -0.3 is 4.74 Å². The molecular formula is C12H11BrN2OS. The minimum absolute atomic E-state index is 0.240. The number of thiophene rings is 1. The molecule has 0 fully saturated rings. The molecule has 1 heterocycles. The van der Waals surface area contributed by atoms with Gasteiger partial charge in [-0.1, -0.05) is 12.1 Å². The standard InChI is InChI=1S/C12H11BrN2OS/c1-16-9-4-2-8(3-5-9)11(15-14)12-10(13)6-7-17-12/h2-7,11,14H,1H3. The lowest BCUT2D eigenvalue weighted by atomic mass is 10.1. The second-order valence-corrected chi connectivity index (χ2v) is 5.24. The van der Waals surface area contributed by atoms with Gasteiger partial charge in [-0.15, -0.1) is 11.3 Å². The molecule has 2 rings (SSSR count). The first-order valence-electron chi connectivity index (χ1n) is 4.99. The minimum atomic E-state index is -0.240. The van der Waals surface area contributed by atoms with Crippen LogP contribution in [-0.2, 0) is 0 Å². The van der Waals surface area contributed by atoms with Crippen molar-refractivity contribution in [3.63, 3.8) is 0 Å². The summed E-state index contributed by atoms with van der Waals surface area (Å²) in [6.45, 7) is 0. The van der Waals surface area contributed by atoms with Gasteiger partial charge in [0.15, 0.2) is 0 Å². The monoisotopic (exact) mass is 310 g/mol. The van der Waals surface area contributed by atoms with Crippen LogP contribution in [-0.4, -0.2) is 7.11 Å². The van der Waals surface area contributed by atoms with Gasteiger partial charge >= 0.3 is 0 Å². The van der Waals surface area contributed by atoms with Crippen molar-refractivity contribution in [1.82, 2.24) is 0 Å². The third-order valence-corrected chi connectivity index (χ3v) is 4.38. The molecule has 0 bridgehead atoms. The fourth-order valence-electron chi connectivity index (χ4n) is 1.57. The Kier molecular flexibility index (Phi) is 3.91. The van der Waals surface area contributed by atoms with E-state index >= 15 is 0 Å². The van der Waals surface area contributed by atoms with Gasteiger partial charge in [0.25, 0.3) is 0 Å². The zero-order valence-corrected chi connectivity index (χ0v) is 11.6. The van der Waals surface area contributed by atoms with Crippen molar-refractivity contribution in [2.24, 2.45) is 5.11 Å². The normalized spacial score (nSPS) is 12.1. The van der Waals surface area contributed by atoms with E-state index in [4.69, 9.17) is 10.3 Å². The molecule has 0 saturated carbocycles. The van der Waals surface area contributed by atoms with Gasteiger partial charge in [0, 0.05) is 9.35 Å². The molecule has 0 aliphatic rings. The Morgan fingerprint density at radius 1 is 1.29 bits per heavy atom. The molecule has 1 aromatic heterocycles. The zero-order chi connectivity index (χ0) is 12.3. The summed E-state index contributed by atoms with van der Waals surface area (Å²) in [7, 11) is 1.64. The lowest BCUT2D eigenvalue weighted by Gasteiger charge is -2.10. The Morgan fingerprint density at radius 2 is 2.00 bits per heavy atom. The Morgan fingerprint density at radius 3 is 2.47 bits per heavy atom. The fraction of sp³-hybridized carbons (Fsp3) is 0.167. The molecular weight excluding hydrogens is 300 g/mol. The number of hydrogen-bond acceptors (Lipinski definition) is 4. The van der Waals surface area contributed by atoms with Crippen molar-refractivity contribution in [1.29, 1.82) is 5.53 Å². The number of ether oxygens (including phenoxy) is 1. The van der Waals surface area contributed by atoms with Crippen molar-refractivity contribution < 1.29 is 4.74 Å². The van der Waals surface area contributed by atoms with Crippen molar-refractivity contribution in [3.05, 3.63) is 50.6 Å².